The number of nitrogens with one attached hydrogen (secondary N) is 1. The first kappa shape index (κ1) is 16.1. The Morgan fingerprint density at radius 3 is 2.29 bits per heavy atom. The van der Waals surface area contributed by atoms with Crippen molar-refractivity contribution in [3.05, 3.63) is 75.5 Å². The zero-order valence-electron chi connectivity index (χ0n) is 13.6. The molecule has 0 unspecified atom stereocenters. The summed E-state index contributed by atoms with van der Waals surface area (Å²) in [4.78, 5) is 16.4. The average molecular weight is 326 g/mol. The fourth-order valence-corrected chi connectivity index (χ4v) is 2.80. The Hall–Kier alpha value is -2.82. The van der Waals surface area contributed by atoms with E-state index in [1.165, 1.54) is 6.07 Å². The van der Waals surface area contributed by atoms with Gasteiger partial charge in [-0.3, -0.25) is 4.79 Å². The third-order valence-corrected chi connectivity index (χ3v) is 3.91. The topological polar surface area (TPSA) is 41.5 Å². The van der Waals surface area contributed by atoms with Crippen LogP contribution in [0.15, 0.2) is 41.0 Å². The highest BCUT2D eigenvalue weighted by Crippen LogP contribution is 2.22. The summed E-state index contributed by atoms with van der Waals surface area (Å²) in [6.07, 6.45) is 1.71. The van der Waals surface area contributed by atoms with Gasteiger partial charge in [0.2, 0.25) is 0 Å². The highest BCUT2D eigenvalue weighted by atomic mass is 19.2. The van der Waals surface area contributed by atoms with Crippen LogP contribution in [0, 0.1) is 32.4 Å². The van der Waals surface area contributed by atoms with Crippen LogP contribution in [0.2, 0.25) is 0 Å². The van der Waals surface area contributed by atoms with Gasteiger partial charge in [0, 0.05) is 5.56 Å². The largest absolute Gasteiger partial charge is 0.305 e. The quantitative estimate of drug-likeness (QED) is 0.838. The van der Waals surface area contributed by atoms with E-state index in [0.717, 1.165) is 34.4 Å². The predicted molar refractivity (Wildman–Crippen MR) is 89.7 cm³/mol. The van der Waals surface area contributed by atoms with Crippen molar-refractivity contribution < 1.29 is 13.6 Å². The number of rotatable bonds is 2. The number of carbonyl (C=O) groups excluding carboxylic acids is 1. The second-order valence-corrected chi connectivity index (χ2v) is 5.89. The molecule has 122 valence electrons. The van der Waals surface area contributed by atoms with Gasteiger partial charge in [-0.25, -0.2) is 13.8 Å². The Morgan fingerprint density at radius 2 is 1.67 bits per heavy atom. The zero-order chi connectivity index (χ0) is 17.4. The van der Waals surface area contributed by atoms with Crippen LogP contribution in [0.4, 0.5) is 8.78 Å². The van der Waals surface area contributed by atoms with E-state index in [2.05, 4.69) is 10.3 Å². The second-order valence-electron chi connectivity index (χ2n) is 5.89. The molecule has 2 aromatic carbocycles. The molecule has 5 heteroatoms. The smallest absolute Gasteiger partial charge is 0.275 e. The monoisotopic (exact) mass is 326 g/mol. The lowest BCUT2D eigenvalue weighted by Gasteiger charge is -2.07. The van der Waals surface area contributed by atoms with Gasteiger partial charge in [0.05, 0.1) is 0 Å². The molecule has 3 rings (SSSR count). The second kappa shape index (κ2) is 6.00. The lowest BCUT2D eigenvalue weighted by molar-refractivity contribution is -0.115. The SMILES string of the molecule is Cc1cc(C)c(/C=C2\N=C(c3ccc(F)c(F)c3)NC2=O)c(C)c1. The summed E-state index contributed by atoms with van der Waals surface area (Å²) in [5.41, 5.74) is 4.73. The summed E-state index contributed by atoms with van der Waals surface area (Å²) >= 11 is 0. The summed E-state index contributed by atoms with van der Waals surface area (Å²) in [5, 5.41) is 2.59. The van der Waals surface area contributed by atoms with Crippen molar-refractivity contribution >= 4 is 17.8 Å². The van der Waals surface area contributed by atoms with Gasteiger partial charge in [0.25, 0.3) is 5.91 Å². The average Bonchev–Trinajstić information content (AvgIpc) is 2.87. The Labute approximate surface area is 138 Å². The van der Waals surface area contributed by atoms with Crippen LogP contribution in [-0.4, -0.2) is 11.7 Å². The number of aliphatic imine (C=N–C) groups is 1. The van der Waals surface area contributed by atoms with Crippen LogP contribution >= 0.6 is 0 Å². The lowest BCUT2D eigenvalue weighted by Crippen LogP contribution is -2.24. The molecule has 1 aliphatic heterocycles. The van der Waals surface area contributed by atoms with E-state index in [-0.39, 0.29) is 17.4 Å². The molecule has 0 spiro atoms. The first-order valence-corrected chi connectivity index (χ1v) is 7.50. The van der Waals surface area contributed by atoms with Gasteiger partial charge >= 0.3 is 0 Å². The minimum atomic E-state index is -0.980. The van der Waals surface area contributed by atoms with Gasteiger partial charge in [-0.1, -0.05) is 17.7 Å². The fraction of sp³-hybridized carbons (Fsp3) is 0.158. The molecule has 0 saturated heterocycles. The maximum atomic E-state index is 13.4. The molecule has 3 nitrogen and oxygen atoms in total. The predicted octanol–water partition coefficient (Wildman–Crippen LogP) is 3.81. The van der Waals surface area contributed by atoms with Crippen molar-refractivity contribution in [1.82, 2.24) is 5.32 Å². The van der Waals surface area contributed by atoms with E-state index in [1.54, 1.807) is 6.08 Å². The number of hydrogen-bond donors (Lipinski definition) is 1. The molecule has 2 aromatic rings. The van der Waals surface area contributed by atoms with E-state index in [4.69, 9.17) is 0 Å². The van der Waals surface area contributed by atoms with Gasteiger partial charge < -0.3 is 5.32 Å². The van der Waals surface area contributed by atoms with E-state index in [0.29, 0.717) is 5.56 Å². The molecular formula is C19H16F2N2O. The van der Waals surface area contributed by atoms with Crippen LogP contribution in [0.1, 0.15) is 27.8 Å². The molecule has 1 amide bonds. The molecule has 1 aliphatic rings. The van der Waals surface area contributed by atoms with Crippen LogP contribution in [0.25, 0.3) is 6.08 Å². The minimum Gasteiger partial charge on any atom is -0.305 e. The molecular weight excluding hydrogens is 310 g/mol. The van der Waals surface area contributed by atoms with Gasteiger partial charge in [-0.2, -0.15) is 0 Å². The molecule has 0 radical (unpaired) electrons. The molecule has 0 saturated carbocycles. The summed E-state index contributed by atoms with van der Waals surface area (Å²) in [5.74, 6) is -2.07. The van der Waals surface area contributed by atoms with Gasteiger partial charge in [-0.05, 0) is 61.7 Å². The van der Waals surface area contributed by atoms with Crippen LogP contribution in [-0.2, 0) is 4.79 Å². The standard InChI is InChI=1S/C19H16F2N2O/c1-10-6-11(2)14(12(3)7-10)9-17-19(24)23-18(22-17)13-4-5-15(20)16(21)8-13/h4-9H,1-3H3,(H,22,23,24)/b17-9-. The third kappa shape index (κ3) is 2.97. The molecule has 0 fully saturated rings. The van der Waals surface area contributed by atoms with Crippen molar-refractivity contribution in [3.8, 4) is 0 Å². The molecule has 0 aliphatic carbocycles. The normalized spacial score (nSPS) is 15.6. The number of carbonyl (C=O) groups is 1. The van der Waals surface area contributed by atoms with E-state index >= 15 is 0 Å². The van der Waals surface area contributed by atoms with Crippen LogP contribution in [0.3, 0.4) is 0 Å². The van der Waals surface area contributed by atoms with Crippen LogP contribution in [0.5, 0.6) is 0 Å². The highest BCUT2D eigenvalue weighted by Gasteiger charge is 2.22. The van der Waals surface area contributed by atoms with Gasteiger partial charge in [-0.15, -0.1) is 0 Å². The number of amidine groups is 1. The van der Waals surface area contributed by atoms with Crippen molar-refractivity contribution in [1.29, 1.82) is 0 Å². The van der Waals surface area contributed by atoms with E-state index in [1.807, 2.05) is 32.9 Å². The Bertz CT molecular complexity index is 891. The Kier molecular flexibility index (Phi) is 4.01. The Balaban J connectivity index is 2.02. The molecule has 1 heterocycles. The fourth-order valence-electron chi connectivity index (χ4n) is 2.80. The van der Waals surface area contributed by atoms with Crippen LogP contribution < -0.4 is 5.32 Å². The maximum Gasteiger partial charge on any atom is 0.275 e. The highest BCUT2D eigenvalue weighted by molar-refractivity contribution is 6.19. The number of benzene rings is 2. The maximum absolute atomic E-state index is 13.4. The first-order chi connectivity index (χ1) is 11.3. The molecule has 1 N–H and O–H groups in total. The number of aryl methyl sites for hydroxylation is 3. The third-order valence-electron chi connectivity index (χ3n) is 3.91. The first-order valence-electron chi connectivity index (χ1n) is 7.50. The number of amides is 1. The minimum absolute atomic E-state index is 0.215. The number of nitrogens with zero attached hydrogens (tertiary/aromatic N) is 1. The van der Waals surface area contributed by atoms with E-state index in [9.17, 15) is 13.6 Å². The number of halogens is 2. The van der Waals surface area contributed by atoms with Gasteiger partial charge in [0.15, 0.2) is 11.6 Å². The van der Waals surface area contributed by atoms with Gasteiger partial charge in [0.1, 0.15) is 11.5 Å². The number of hydrogen-bond acceptors (Lipinski definition) is 2. The summed E-state index contributed by atoms with van der Waals surface area (Å²) in [6.45, 7) is 5.96. The van der Waals surface area contributed by atoms with Crippen molar-refractivity contribution in [3.63, 3.8) is 0 Å². The molecule has 0 bridgehead atoms. The van der Waals surface area contributed by atoms with Crippen molar-refractivity contribution in [2.24, 2.45) is 4.99 Å². The molecule has 0 atom stereocenters. The van der Waals surface area contributed by atoms with Crippen molar-refractivity contribution in [2.75, 3.05) is 0 Å². The Morgan fingerprint density at radius 1 is 1.00 bits per heavy atom. The summed E-state index contributed by atoms with van der Waals surface area (Å²) in [6, 6.07) is 7.47. The summed E-state index contributed by atoms with van der Waals surface area (Å²) < 4.78 is 26.4. The van der Waals surface area contributed by atoms with Crippen molar-refractivity contribution in [2.45, 2.75) is 20.8 Å². The summed E-state index contributed by atoms with van der Waals surface area (Å²) in [7, 11) is 0. The lowest BCUT2D eigenvalue weighted by atomic mass is 9.99. The zero-order valence-corrected chi connectivity index (χ0v) is 13.6. The molecule has 24 heavy (non-hydrogen) atoms. The molecule has 0 aromatic heterocycles. The van der Waals surface area contributed by atoms with E-state index < -0.39 is 11.6 Å².